The number of H-pyrrole nitrogens is 1. The fourth-order valence-electron chi connectivity index (χ4n) is 2.12. The number of benzene rings is 1. The number of furan rings is 1. The molecule has 0 bridgehead atoms. The number of nitrogens with one attached hydrogen (secondary N) is 2. The van der Waals surface area contributed by atoms with Crippen LogP contribution in [0.5, 0.6) is 0 Å². The number of amides is 1. The summed E-state index contributed by atoms with van der Waals surface area (Å²) in [7, 11) is 0. The fraction of sp³-hybridized carbons (Fsp3) is 0.118. The van der Waals surface area contributed by atoms with E-state index in [1.165, 1.54) is 6.20 Å². The third-order valence-electron chi connectivity index (χ3n) is 3.38. The molecule has 0 saturated carbocycles. The number of ketones is 1. The first-order valence-corrected chi connectivity index (χ1v) is 7.21. The Morgan fingerprint density at radius 1 is 1.13 bits per heavy atom. The van der Waals surface area contributed by atoms with Gasteiger partial charge in [-0.2, -0.15) is 5.10 Å². The van der Waals surface area contributed by atoms with E-state index in [0.717, 1.165) is 12.2 Å². The molecule has 2 N–H and O–H groups in total. The normalized spacial score (nSPS) is 10.5. The third kappa shape index (κ3) is 3.21. The minimum absolute atomic E-state index is 0.184. The summed E-state index contributed by atoms with van der Waals surface area (Å²) in [6, 6.07) is 11.7. The maximum Gasteiger partial charge on any atom is 0.273 e. The lowest BCUT2D eigenvalue weighted by molar-refractivity contribution is 0.100. The summed E-state index contributed by atoms with van der Waals surface area (Å²) < 4.78 is 5.46. The maximum absolute atomic E-state index is 12.3. The van der Waals surface area contributed by atoms with Crippen LogP contribution < -0.4 is 5.32 Å². The number of hydrogen-bond donors (Lipinski definition) is 2. The Morgan fingerprint density at radius 2 is 1.91 bits per heavy atom. The Balaban J connectivity index is 1.71. The molecular weight excluding hydrogens is 294 g/mol. The van der Waals surface area contributed by atoms with Crippen LogP contribution in [0.4, 0.5) is 5.69 Å². The molecule has 3 aromatic rings. The van der Waals surface area contributed by atoms with Crippen LogP contribution in [0.15, 0.2) is 53.1 Å². The summed E-state index contributed by atoms with van der Waals surface area (Å²) in [4.78, 5) is 24.2. The quantitative estimate of drug-likeness (QED) is 0.709. The Morgan fingerprint density at radius 3 is 2.52 bits per heavy atom. The van der Waals surface area contributed by atoms with Crippen molar-refractivity contribution in [1.82, 2.24) is 10.2 Å². The van der Waals surface area contributed by atoms with Gasteiger partial charge in [0.05, 0.1) is 0 Å². The maximum atomic E-state index is 12.3. The first-order valence-electron chi connectivity index (χ1n) is 7.21. The lowest BCUT2D eigenvalue weighted by Gasteiger charge is -2.04. The van der Waals surface area contributed by atoms with E-state index in [1.807, 2.05) is 6.92 Å². The number of anilines is 1. The van der Waals surface area contributed by atoms with E-state index in [9.17, 15) is 9.59 Å². The van der Waals surface area contributed by atoms with Crippen LogP contribution in [0.1, 0.15) is 39.3 Å². The van der Waals surface area contributed by atoms with Gasteiger partial charge in [-0.1, -0.05) is 6.92 Å². The van der Waals surface area contributed by atoms with Gasteiger partial charge in [-0.05, 0) is 42.5 Å². The molecule has 0 radical (unpaired) electrons. The molecule has 0 fully saturated rings. The van der Waals surface area contributed by atoms with Crippen molar-refractivity contribution >= 4 is 17.4 Å². The van der Waals surface area contributed by atoms with Crippen LogP contribution in [0.25, 0.3) is 0 Å². The van der Waals surface area contributed by atoms with Gasteiger partial charge in [-0.15, -0.1) is 0 Å². The zero-order valence-corrected chi connectivity index (χ0v) is 12.5. The predicted molar refractivity (Wildman–Crippen MR) is 84.5 cm³/mol. The molecule has 0 aliphatic rings. The van der Waals surface area contributed by atoms with Crippen LogP contribution in [0.3, 0.4) is 0 Å². The smallest absolute Gasteiger partial charge is 0.273 e. The molecule has 3 rings (SSSR count). The Hall–Kier alpha value is -3.15. The standard InChI is InChI=1S/C17H15N3O3/c1-2-13-7-8-15(23-13)16(21)11-3-5-12(6-4-11)19-17(22)14-9-10-18-20-14/h3-10H,2H2,1H3,(H,18,20)(H,19,22). The van der Waals surface area contributed by atoms with E-state index >= 15 is 0 Å². The van der Waals surface area contributed by atoms with Crippen molar-refractivity contribution in [3.8, 4) is 0 Å². The number of hydrogen-bond acceptors (Lipinski definition) is 4. The van der Waals surface area contributed by atoms with E-state index in [-0.39, 0.29) is 11.7 Å². The molecule has 1 amide bonds. The molecular formula is C17H15N3O3. The second-order valence-electron chi connectivity index (χ2n) is 4.95. The topological polar surface area (TPSA) is 88.0 Å². The highest BCUT2D eigenvalue weighted by atomic mass is 16.3. The van der Waals surface area contributed by atoms with E-state index in [1.54, 1.807) is 42.5 Å². The molecule has 23 heavy (non-hydrogen) atoms. The first kappa shape index (κ1) is 14.8. The third-order valence-corrected chi connectivity index (χ3v) is 3.38. The molecule has 0 unspecified atom stereocenters. The Kier molecular flexibility index (Phi) is 4.05. The molecule has 0 spiro atoms. The molecule has 1 aromatic carbocycles. The van der Waals surface area contributed by atoms with Crippen molar-refractivity contribution < 1.29 is 14.0 Å². The Bertz CT molecular complexity index is 817. The largest absolute Gasteiger partial charge is 0.458 e. The number of carbonyl (C=O) groups is 2. The predicted octanol–water partition coefficient (Wildman–Crippen LogP) is 3.05. The van der Waals surface area contributed by atoms with E-state index in [0.29, 0.717) is 22.7 Å². The van der Waals surface area contributed by atoms with Crippen LogP contribution in [-0.2, 0) is 6.42 Å². The summed E-state index contributed by atoms with van der Waals surface area (Å²) in [6.45, 7) is 1.96. The lowest BCUT2D eigenvalue weighted by Crippen LogP contribution is -2.12. The van der Waals surface area contributed by atoms with Crippen molar-refractivity contribution in [2.24, 2.45) is 0 Å². The van der Waals surface area contributed by atoms with Gasteiger partial charge in [-0.3, -0.25) is 14.7 Å². The zero-order chi connectivity index (χ0) is 16.2. The number of aromatic nitrogens is 2. The first-order chi connectivity index (χ1) is 11.2. The van der Waals surface area contributed by atoms with Crippen molar-refractivity contribution in [2.45, 2.75) is 13.3 Å². The van der Waals surface area contributed by atoms with Gasteiger partial charge in [0.25, 0.3) is 5.91 Å². The monoisotopic (exact) mass is 309 g/mol. The van der Waals surface area contributed by atoms with Crippen molar-refractivity contribution in [3.05, 3.63) is 71.4 Å². The van der Waals surface area contributed by atoms with Crippen LogP contribution in [0.2, 0.25) is 0 Å². The van der Waals surface area contributed by atoms with Crippen molar-refractivity contribution in [1.29, 1.82) is 0 Å². The van der Waals surface area contributed by atoms with Gasteiger partial charge in [-0.25, -0.2) is 0 Å². The van der Waals surface area contributed by atoms with Gasteiger partial charge in [0.15, 0.2) is 5.76 Å². The molecule has 6 nitrogen and oxygen atoms in total. The number of aryl methyl sites for hydroxylation is 1. The number of aromatic amines is 1. The van der Waals surface area contributed by atoms with Gasteiger partial charge in [0.2, 0.25) is 5.78 Å². The minimum Gasteiger partial charge on any atom is -0.458 e. The molecule has 2 aromatic heterocycles. The second kappa shape index (κ2) is 6.31. The average molecular weight is 309 g/mol. The lowest BCUT2D eigenvalue weighted by atomic mass is 10.1. The summed E-state index contributed by atoms with van der Waals surface area (Å²) in [5.74, 6) is 0.615. The number of carbonyl (C=O) groups excluding carboxylic acids is 2. The highest BCUT2D eigenvalue weighted by molar-refractivity contribution is 6.08. The molecule has 0 atom stereocenters. The average Bonchev–Trinajstić information content (AvgIpc) is 3.26. The van der Waals surface area contributed by atoms with Gasteiger partial charge < -0.3 is 9.73 Å². The van der Waals surface area contributed by atoms with E-state index < -0.39 is 0 Å². The van der Waals surface area contributed by atoms with Crippen LogP contribution in [0, 0.1) is 0 Å². The molecule has 6 heteroatoms. The Labute approximate surface area is 132 Å². The molecule has 116 valence electrons. The second-order valence-corrected chi connectivity index (χ2v) is 4.95. The number of rotatable bonds is 5. The summed E-state index contributed by atoms with van der Waals surface area (Å²) in [5, 5.41) is 9.03. The van der Waals surface area contributed by atoms with Gasteiger partial charge in [0.1, 0.15) is 11.5 Å². The van der Waals surface area contributed by atoms with Gasteiger partial charge in [0, 0.05) is 23.9 Å². The summed E-state index contributed by atoms with van der Waals surface area (Å²) in [6.07, 6.45) is 2.25. The molecule has 0 aliphatic heterocycles. The molecule has 2 heterocycles. The van der Waals surface area contributed by atoms with Crippen LogP contribution in [-0.4, -0.2) is 21.9 Å². The van der Waals surface area contributed by atoms with Crippen molar-refractivity contribution in [2.75, 3.05) is 5.32 Å². The summed E-state index contributed by atoms with van der Waals surface area (Å²) >= 11 is 0. The number of nitrogens with zero attached hydrogens (tertiary/aromatic N) is 1. The summed E-state index contributed by atoms with van der Waals surface area (Å²) in [5.41, 5.74) is 1.46. The van der Waals surface area contributed by atoms with E-state index in [2.05, 4.69) is 15.5 Å². The SMILES string of the molecule is CCc1ccc(C(=O)c2ccc(NC(=O)c3ccn[nH]3)cc2)o1. The van der Waals surface area contributed by atoms with Crippen molar-refractivity contribution in [3.63, 3.8) is 0 Å². The minimum atomic E-state index is -0.291. The fourth-order valence-corrected chi connectivity index (χ4v) is 2.12. The highest BCUT2D eigenvalue weighted by Crippen LogP contribution is 2.16. The zero-order valence-electron chi connectivity index (χ0n) is 12.5. The van der Waals surface area contributed by atoms with E-state index in [4.69, 9.17) is 4.42 Å². The molecule has 0 saturated heterocycles. The molecule has 0 aliphatic carbocycles. The highest BCUT2D eigenvalue weighted by Gasteiger charge is 2.14. The van der Waals surface area contributed by atoms with Crippen LogP contribution >= 0.6 is 0 Å². The van der Waals surface area contributed by atoms with Gasteiger partial charge >= 0.3 is 0 Å².